The number of para-hydroxylation sites is 1. The maximum atomic E-state index is 14.0. The van der Waals surface area contributed by atoms with Crippen molar-refractivity contribution in [2.24, 2.45) is 5.92 Å². The molecule has 2 aromatic rings. The van der Waals surface area contributed by atoms with Crippen LogP contribution < -0.4 is 10.2 Å². The van der Waals surface area contributed by atoms with Crippen molar-refractivity contribution >= 4 is 23.5 Å². The first kappa shape index (κ1) is 20.1. The van der Waals surface area contributed by atoms with E-state index in [4.69, 9.17) is 4.74 Å². The number of fused-ring (bicyclic) bond motifs is 1. The van der Waals surface area contributed by atoms with Gasteiger partial charge in [-0.2, -0.15) is 0 Å². The number of halogens is 1. The first-order chi connectivity index (χ1) is 14.5. The Bertz CT molecular complexity index is 977. The van der Waals surface area contributed by atoms with Crippen LogP contribution >= 0.6 is 0 Å². The lowest BCUT2D eigenvalue weighted by Gasteiger charge is -2.26. The van der Waals surface area contributed by atoms with Crippen LogP contribution in [-0.4, -0.2) is 30.9 Å². The van der Waals surface area contributed by atoms with Gasteiger partial charge in [0.2, 0.25) is 5.91 Å². The van der Waals surface area contributed by atoms with Gasteiger partial charge in [-0.15, -0.1) is 0 Å². The number of hydrogen-bond donors (Lipinski definition) is 1. The van der Waals surface area contributed by atoms with E-state index in [0.717, 1.165) is 24.8 Å². The molecule has 30 heavy (non-hydrogen) atoms. The molecule has 1 N–H and O–H groups in total. The molecule has 6 nitrogen and oxygen atoms in total. The number of carbonyl (C=O) groups is 3. The lowest BCUT2D eigenvalue weighted by molar-refractivity contribution is -0.152. The van der Waals surface area contributed by atoms with Crippen LogP contribution in [0.1, 0.15) is 36.4 Å². The van der Waals surface area contributed by atoms with Crippen LogP contribution in [0.15, 0.2) is 48.5 Å². The number of aryl methyl sites for hydroxylation is 1. The van der Waals surface area contributed by atoms with Crippen LogP contribution in [0.4, 0.5) is 10.1 Å². The number of esters is 1. The van der Waals surface area contributed by atoms with Crippen molar-refractivity contribution in [2.45, 2.75) is 31.7 Å². The Balaban J connectivity index is 1.31. The van der Waals surface area contributed by atoms with Crippen LogP contribution in [-0.2, 0) is 25.5 Å². The first-order valence-electron chi connectivity index (χ1n) is 10.1. The maximum absolute atomic E-state index is 14.0. The molecule has 2 atom stereocenters. The quantitative estimate of drug-likeness (QED) is 0.769. The summed E-state index contributed by atoms with van der Waals surface area (Å²) in [4.78, 5) is 38.2. The van der Waals surface area contributed by atoms with Crippen molar-refractivity contribution in [3.8, 4) is 0 Å². The van der Waals surface area contributed by atoms with Crippen LogP contribution in [0.3, 0.4) is 0 Å². The molecule has 0 saturated carbocycles. The van der Waals surface area contributed by atoms with Gasteiger partial charge in [0.1, 0.15) is 5.82 Å². The standard InChI is InChI=1S/C23H23FN2O4/c24-18-9-3-4-11-20(18)26-13-16(12-22(26)28)23(29)30-14-21(27)25-19-10-5-7-15-6-1-2-8-17(15)19/h1-4,6,8-9,11,16,19H,5,7,10,12-14H2,(H,25,27)/t16-,19-/m1/s1. The molecule has 1 fully saturated rings. The third kappa shape index (κ3) is 4.20. The topological polar surface area (TPSA) is 75.7 Å². The number of amides is 2. The summed E-state index contributed by atoms with van der Waals surface area (Å²) in [6.07, 6.45) is 2.75. The van der Waals surface area contributed by atoms with Gasteiger partial charge in [-0.3, -0.25) is 14.4 Å². The molecule has 1 saturated heterocycles. The van der Waals surface area contributed by atoms with E-state index >= 15 is 0 Å². The van der Waals surface area contributed by atoms with Gasteiger partial charge in [0.25, 0.3) is 5.91 Å². The Morgan fingerprint density at radius 2 is 1.90 bits per heavy atom. The largest absolute Gasteiger partial charge is 0.455 e. The molecule has 1 heterocycles. The molecule has 0 aromatic heterocycles. The van der Waals surface area contributed by atoms with Gasteiger partial charge in [-0.1, -0.05) is 36.4 Å². The van der Waals surface area contributed by atoms with E-state index in [1.54, 1.807) is 6.07 Å². The SMILES string of the molecule is O=C(COC(=O)[C@@H]1CC(=O)N(c2ccccc2F)C1)N[C@@H]1CCCc2ccccc21. The van der Waals surface area contributed by atoms with Crippen molar-refractivity contribution in [1.82, 2.24) is 5.32 Å². The summed E-state index contributed by atoms with van der Waals surface area (Å²) in [5, 5.41) is 2.93. The monoisotopic (exact) mass is 410 g/mol. The van der Waals surface area contributed by atoms with E-state index in [1.165, 1.54) is 28.7 Å². The molecule has 2 aromatic carbocycles. The minimum atomic E-state index is -0.722. The number of nitrogens with zero attached hydrogens (tertiary/aromatic N) is 1. The van der Waals surface area contributed by atoms with Crippen molar-refractivity contribution in [3.05, 3.63) is 65.5 Å². The van der Waals surface area contributed by atoms with Gasteiger partial charge in [0.15, 0.2) is 6.61 Å². The minimum Gasteiger partial charge on any atom is -0.455 e. The van der Waals surface area contributed by atoms with E-state index in [-0.39, 0.29) is 36.5 Å². The summed E-state index contributed by atoms with van der Waals surface area (Å²) in [7, 11) is 0. The Kier molecular flexibility index (Phi) is 5.79. The predicted octanol–water partition coefficient (Wildman–Crippen LogP) is 2.92. The van der Waals surface area contributed by atoms with Crippen LogP contribution in [0.25, 0.3) is 0 Å². The zero-order valence-corrected chi connectivity index (χ0v) is 16.5. The summed E-state index contributed by atoms with van der Waals surface area (Å²) in [5.74, 6) is -2.58. The van der Waals surface area contributed by atoms with Crippen molar-refractivity contribution in [3.63, 3.8) is 0 Å². The highest BCUT2D eigenvalue weighted by molar-refractivity contribution is 5.99. The molecule has 0 unspecified atom stereocenters. The number of benzene rings is 2. The lowest BCUT2D eigenvalue weighted by atomic mass is 9.88. The summed E-state index contributed by atoms with van der Waals surface area (Å²) in [6, 6.07) is 13.8. The summed E-state index contributed by atoms with van der Waals surface area (Å²) >= 11 is 0. The van der Waals surface area contributed by atoms with Gasteiger partial charge in [0.05, 0.1) is 17.6 Å². The Morgan fingerprint density at radius 3 is 2.73 bits per heavy atom. The van der Waals surface area contributed by atoms with Gasteiger partial charge in [-0.05, 0) is 42.5 Å². The van der Waals surface area contributed by atoms with Gasteiger partial charge < -0.3 is 15.0 Å². The molecule has 0 radical (unpaired) electrons. The van der Waals surface area contributed by atoms with Crippen LogP contribution in [0, 0.1) is 11.7 Å². The van der Waals surface area contributed by atoms with Gasteiger partial charge >= 0.3 is 5.97 Å². The smallest absolute Gasteiger partial charge is 0.311 e. The molecule has 0 bridgehead atoms. The number of carbonyl (C=O) groups excluding carboxylic acids is 3. The van der Waals surface area contributed by atoms with E-state index in [9.17, 15) is 18.8 Å². The molecule has 4 rings (SSSR count). The first-order valence-corrected chi connectivity index (χ1v) is 10.1. The molecule has 0 spiro atoms. The summed E-state index contributed by atoms with van der Waals surface area (Å²) < 4.78 is 19.1. The molecule has 1 aliphatic heterocycles. The highest BCUT2D eigenvalue weighted by Gasteiger charge is 2.37. The minimum absolute atomic E-state index is 0.0379. The van der Waals surface area contributed by atoms with E-state index < -0.39 is 24.3 Å². The molecule has 2 amide bonds. The second kappa shape index (κ2) is 8.65. The van der Waals surface area contributed by atoms with Gasteiger partial charge in [-0.25, -0.2) is 4.39 Å². The average Bonchev–Trinajstić information content (AvgIpc) is 3.14. The average molecular weight is 410 g/mol. The third-order valence-corrected chi connectivity index (χ3v) is 5.65. The molecule has 2 aliphatic rings. The predicted molar refractivity (Wildman–Crippen MR) is 108 cm³/mol. The Morgan fingerprint density at radius 1 is 1.13 bits per heavy atom. The van der Waals surface area contributed by atoms with Crippen molar-refractivity contribution in [1.29, 1.82) is 0 Å². The normalized spacial score (nSPS) is 20.6. The summed E-state index contributed by atoms with van der Waals surface area (Å²) in [5.41, 5.74) is 2.47. The second-order valence-corrected chi connectivity index (χ2v) is 7.68. The molecule has 156 valence electrons. The lowest BCUT2D eigenvalue weighted by Crippen LogP contribution is -2.35. The fourth-order valence-corrected chi connectivity index (χ4v) is 4.16. The highest BCUT2D eigenvalue weighted by atomic mass is 19.1. The van der Waals surface area contributed by atoms with Crippen molar-refractivity contribution in [2.75, 3.05) is 18.1 Å². The van der Waals surface area contributed by atoms with Crippen LogP contribution in [0.5, 0.6) is 0 Å². The van der Waals surface area contributed by atoms with Crippen molar-refractivity contribution < 1.29 is 23.5 Å². The third-order valence-electron chi connectivity index (χ3n) is 5.65. The highest BCUT2D eigenvalue weighted by Crippen LogP contribution is 2.30. The molecule has 1 aliphatic carbocycles. The molecular weight excluding hydrogens is 387 g/mol. The zero-order chi connectivity index (χ0) is 21.1. The van der Waals surface area contributed by atoms with E-state index in [0.29, 0.717) is 0 Å². The molecule has 7 heteroatoms. The zero-order valence-electron chi connectivity index (χ0n) is 16.5. The van der Waals surface area contributed by atoms with Crippen LogP contribution in [0.2, 0.25) is 0 Å². The molecular formula is C23H23FN2O4. The fraction of sp³-hybridized carbons (Fsp3) is 0.348. The van der Waals surface area contributed by atoms with Gasteiger partial charge in [0, 0.05) is 13.0 Å². The number of hydrogen-bond acceptors (Lipinski definition) is 4. The fourth-order valence-electron chi connectivity index (χ4n) is 4.16. The Hall–Kier alpha value is -3.22. The summed E-state index contributed by atoms with van der Waals surface area (Å²) in [6.45, 7) is -0.363. The Labute approximate surface area is 174 Å². The second-order valence-electron chi connectivity index (χ2n) is 7.68. The van der Waals surface area contributed by atoms with E-state index in [2.05, 4.69) is 11.4 Å². The number of nitrogens with one attached hydrogen (secondary N) is 1. The number of ether oxygens (including phenoxy) is 1. The number of rotatable bonds is 5. The van der Waals surface area contributed by atoms with E-state index in [1.807, 2.05) is 18.2 Å². The maximum Gasteiger partial charge on any atom is 0.311 e. The number of anilines is 1.